The SMILES string of the molecule is Cc1csc2c(N3CCCN(c4nccs4)CC3)ncnc12. The number of hydrogen-bond donors (Lipinski definition) is 0. The molecule has 1 saturated heterocycles. The highest BCUT2D eigenvalue weighted by atomic mass is 32.1. The van der Waals surface area contributed by atoms with Gasteiger partial charge in [0.1, 0.15) is 12.1 Å². The second kappa shape index (κ2) is 5.81. The summed E-state index contributed by atoms with van der Waals surface area (Å²) < 4.78 is 1.21. The van der Waals surface area contributed by atoms with Gasteiger partial charge >= 0.3 is 0 Å². The largest absolute Gasteiger partial charge is 0.353 e. The van der Waals surface area contributed by atoms with Gasteiger partial charge in [0, 0.05) is 37.8 Å². The van der Waals surface area contributed by atoms with Crippen molar-refractivity contribution in [1.29, 1.82) is 0 Å². The molecule has 5 nitrogen and oxygen atoms in total. The summed E-state index contributed by atoms with van der Waals surface area (Å²) in [5, 5.41) is 5.34. The van der Waals surface area contributed by atoms with Gasteiger partial charge in [-0.15, -0.1) is 22.7 Å². The summed E-state index contributed by atoms with van der Waals surface area (Å²) in [5.74, 6) is 1.09. The standard InChI is InChI=1S/C15H17N5S2/c1-11-9-22-13-12(11)17-10-18-14(13)19-4-2-5-20(7-6-19)15-16-3-8-21-15/h3,8-10H,2,4-7H2,1H3. The van der Waals surface area contributed by atoms with Crippen LogP contribution in [0.25, 0.3) is 10.2 Å². The monoisotopic (exact) mass is 331 g/mol. The van der Waals surface area contributed by atoms with E-state index in [1.54, 1.807) is 29.0 Å². The third-order valence-electron chi connectivity index (χ3n) is 4.00. The number of thiazole rings is 1. The molecule has 3 aromatic heterocycles. The fourth-order valence-corrected chi connectivity index (χ4v) is 4.59. The summed E-state index contributed by atoms with van der Waals surface area (Å²) in [5.41, 5.74) is 2.33. The van der Waals surface area contributed by atoms with E-state index in [0.29, 0.717) is 0 Å². The Bertz CT molecular complexity index is 767. The molecule has 1 fully saturated rings. The minimum Gasteiger partial charge on any atom is -0.353 e. The lowest BCUT2D eigenvalue weighted by Crippen LogP contribution is -2.31. The third-order valence-corrected chi connectivity index (χ3v) is 5.91. The average Bonchev–Trinajstić information content (AvgIpc) is 3.13. The first-order valence-corrected chi connectivity index (χ1v) is 9.17. The van der Waals surface area contributed by atoms with Crippen LogP contribution in [0.5, 0.6) is 0 Å². The van der Waals surface area contributed by atoms with Crippen LogP contribution in [0, 0.1) is 6.92 Å². The molecular formula is C15H17N5S2. The minimum absolute atomic E-state index is 0.975. The molecule has 7 heteroatoms. The zero-order valence-electron chi connectivity index (χ0n) is 12.4. The van der Waals surface area contributed by atoms with Gasteiger partial charge in [0.25, 0.3) is 0 Å². The molecule has 0 amide bonds. The van der Waals surface area contributed by atoms with Gasteiger partial charge in [0.2, 0.25) is 0 Å². The van der Waals surface area contributed by atoms with Crippen molar-refractivity contribution in [3.63, 3.8) is 0 Å². The molecule has 4 rings (SSSR count). The Morgan fingerprint density at radius 3 is 2.73 bits per heavy atom. The van der Waals surface area contributed by atoms with Crippen LogP contribution in [0.15, 0.2) is 23.3 Å². The summed E-state index contributed by atoms with van der Waals surface area (Å²) in [6.07, 6.45) is 4.70. The highest BCUT2D eigenvalue weighted by Gasteiger charge is 2.20. The van der Waals surface area contributed by atoms with E-state index in [1.807, 2.05) is 11.6 Å². The van der Waals surface area contributed by atoms with E-state index in [9.17, 15) is 0 Å². The zero-order valence-corrected chi connectivity index (χ0v) is 14.0. The van der Waals surface area contributed by atoms with Gasteiger partial charge in [-0.1, -0.05) is 0 Å². The molecule has 1 aliphatic heterocycles. The summed E-state index contributed by atoms with van der Waals surface area (Å²) in [6.45, 7) is 6.17. The van der Waals surface area contributed by atoms with Crippen molar-refractivity contribution in [1.82, 2.24) is 15.0 Å². The van der Waals surface area contributed by atoms with Gasteiger partial charge in [-0.05, 0) is 24.3 Å². The van der Waals surface area contributed by atoms with Crippen molar-refractivity contribution in [2.75, 3.05) is 36.0 Å². The van der Waals surface area contributed by atoms with Crippen molar-refractivity contribution in [2.24, 2.45) is 0 Å². The fraction of sp³-hybridized carbons (Fsp3) is 0.400. The van der Waals surface area contributed by atoms with E-state index in [1.165, 1.54) is 10.3 Å². The van der Waals surface area contributed by atoms with Crippen molar-refractivity contribution in [2.45, 2.75) is 13.3 Å². The van der Waals surface area contributed by atoms with Crippen LogP contribution < -0.4 is 9.80 Å². The zero-order chi connectivity index (χ0) is 14.9. The quantitative estimate of drug-likeness (QED) is 0.722. The summed E-state index contributed by atoms with van der Waals surface area (Å²) >= 11 is 3.46. The molecule has 3 aromatic rings. The van der Waals surface area contributed by atoms with Crippen LogP contribution in [-0.2, 0) is 0 Å². The Morgan fingerprint density at radius 2 is 1.86 bits per heavy atom. The lowest BCUT2D eigenvalue weighted by atomic mass is 10.3. The molecule has 0 N–H and O–H groups in total. The molecule has 0 unspecified atom stereocenters. The lowest BCUT2D eigenvalue weighted by molar-refractivity contribution is 0.799. The Kier molecular flexibility index (Phi) is 3.67. The Morgan fingerprint density at radius 1 is 1.00 bits per heavy atom. The minimum atomic E-state index is 0.975. The van der Waals surface area contributed by atoms with E-state index in [4.69, 9.17) is 0 Å². The fourth-order valence-electron chi connectivity index (χ4n) is 2.87. The van der Waals surface area contributed by atoms with Crippen LogP contribution in [0.2, 0.25) is 0 Å². The number of hydrogen-bond acceptors (Lipinski definition) is 7. The van der Waals surface area contributed by atoms with Crippen LogP contribution in [-0.4, -0.2) is 41.1 Å². The predicted molar refractivity (Wildman–Crippen MR) is 93.3 cm³/mol. The van der Waals surface area contributed by atoms with E-state index in [-0.39, 0.29) is 0 Å². The molecule has 114 valence electrons. The maximum absolute atomic E-state index is 4.57. The van der Waals surface area contributed by atoms with Crippen molar-refractivity contribution >= 4 is 43.8 Å². The molecule has 0 bridgehead atoms. The number of rotatable bonds is 2. The smallest absolute Gasteiger partial charge is 0.185 e. The van der Waals surface area contributed by atoms with Gasteiger partial charge < -0.3 is 9.80 Å². The normalized spacial score (nSPS) is 16.2. The summed E-state index contributed by atoms with van der Waals surface area (Å²) in [4.78, 5) is 18.2. The van der Waals surface area contributed by atoms with Gasteiger partial charge in [0.15, 0.2) is 5.13 Å². The maximum Gasteiger partial charge on any atom is 0.185 e. The molecular weight excluding hydrogens is 314 g/mol. The molecule has 0 atom stereocenters. The maximum atomic E-state index is 4.57. The van der Waals surface area contributed by atoms with Crippen LogP contribution in [0.3, 0.4) is 0 Å². The van der Waals surface area contributed by atoms with E-state index in [0.717, 1.165) is 49.1 Å². The first kappa shape index (κ1) is 13.9. The molecule has 0 spiro atoms. The van der Waals surface area contributed by atoms with Gasteiger partial charge in [-0.2, -0.15) is 0 Å². The number of anilines is 2. The number of aromatic nitrogens is 3. The number of nitrogens with zero attached hydrogens (tertiary/aromatic N) is 5. The molecule has 0 saturated carbocycles. The second-order valence-electron chi connectivity index (χ2n) is 5.44. The third kappa shape index (κ3) is 2.44. The summed E-state index contributed by atoms with van der Waals surface area (Å²) in [6, 6.07) is 0. The van der Waals surface area contributed by atoms with Crippen LogP contribution >= 0.6 is 22.7 Å². The molecule has 0 aliphatic carbocycles. The Balaban J connectivity index is 1.60. The molecule has 0 aromatic carbocycles. The molecule has 0 radical (unpaired) electrons. The van der Waals surface area contributed by atoms with Crippen LogP contribution in [0.4, 0.5) is 10.9 Å². The lowest BCUT2D eigenvalue weighted by Gasteiger charge is -2.22. The van der Waals surface area contributed by atoms with E-state index < -0.39 is 0 Å². The average molecular weight is 331 g/mol. The number of aryl methyl sites for hydroxylation is 1. The van der Waals surface area contributed by atoms with E-state index >= 15 is 0 Å². The first-order chi connectivity index (χ1) is 10.8. The Labute approximate surface area is 137 Å². The second-order valence-corrected chi connectivity index (χ2v) is 7.19. The van der Waals surface area contributed by atoms with E-state index in [2.05, 4.69) is 37.1 Å². The van der Waals surface area contributed by atoms with Crippen molar-refractivity contribution < 1.29 is 0 Å². The van der Waals surface area contributed by atoms with Crippen LogP contribution in [0.1, 0.15) is 12.0 Å². The molecule has 4 heterocycles. The Hall–Kier alpha value is -1.73. The number of fused-ring (bicyclic) bond motifs is 1. The molecule has 22 heavy (non-hydrogen) atoms. The van der Waals surface area contributed by atoms with Gasteiger partial charge in [0.05, 0.1) is 10.2 Å². The summed E-state index contributed by atoms with van der Waals surface area (Å²) in [7, 11) is 0. The highest BCUT2D eigenvalue weighted by molar-refractivity contribution is 7.18. The topological polar surface area (TPSA) is 45.2 Å². The van der Waals surface area contributed by atoms with Gasteiger partial charge in [-0.3, -0.25) is 0 Å². The van der Waals surface area contributed by atoms with Crippen molar-refractivity contribution in [3.05, 3.63) is 28.8 Å². The number of thiophene rings is 1. The predicted octanol–water partition coefficient (Wildman–Crippen LogP) is 3.17. The molecule has 1 aliphatic rings. The van der Waals surface area contributed by atoms with Crippen molar-refractivity contribution in [3.8, 4) is 0 Å². The first-order valence-electron chi connectivity index (χ1n) is 7.41. The van der Waals surface area contributed by atoms with Gasteiger partial charge in [-0.25, -0.2) is 15.0 Å². The highest BCUT2D eigenvalue weighted by Crippen LogP contribution is 2.31.